The minimum Gasteiger partial charge on any atom is -0.465 e. The summed E-state index contributed by atoms with van der Waals surface area (Å²) in [5, 5.41) is 2.77. The van der Waals surface area contributed by atoms with E-state index < -0.39 is 11.4 Å². The van der Waals surface area contributed by atoms with Crippen LogP contribution in [0.15, 0.2) is 24.3 Å². The summed E-state index contributed by atoms with van der Waals surface area (Å²) in [4.78, 5) is 51.8. The molecule has 2 aliphatic rings. The van der Waals surface area contributed by atoms with Crippen LogP contribution in [0.25, 0.3) is 0 Å². The van der Waals surface area contributed by atoms with E-state index in [1.165, 1.54) is 14.0 Å². The van der Waals surface area contributed by atoms with Gasteiger partial charge in [-0.15, -0.1) is 0 Å². The number of benzene rings is 1. The van der Waals surface area contributed by atoms with Gasteiger partial charge < -0.3 is 19.9 Å². The van der Waals surface area contributed by atoms with Crippen LogP contribution in [0.3, 0.4) is 0 Å². The lowest BCUT2D eigenvalue weighted by Gasteiger charge is -2.35. The van der Waals surface area contributed by atoms with Crippen LogP contribution >= 0.6 is 0 Å². The molecule has 1 saturated carbocycles. The average Bonchev–Trinajstić information content (AvgIpc) is 3.49. The van der Waals surface area contributed by atoms with E-state index in [1.54, 1.807) is 34.1 Å². The summed E-state index contributed by atoms with van der Waals surface area (Å²) in [6.07, 6.45) is 1.04. The molecule has 0 aromatic heterocycles. The minimum absolute atomic E-state index is 0.00335. The zero-order chi connectivity index (χ0) is 19.6. The zero-order valence-corrected chi connectivity index (χ0v) is 15.5. The number of nitrogens with one attached hydrogen (secondary N) is 1. The summed E-state index contributed by atoms with van der Waals surface area (Å²) in [6.45, 7) is 3.39. The summed E-state index contributed by atoms with van der Waals surface area (Å²) in [5.74, 6) is -0.954. The Morgan fingerprint density at radius 3 is 2.00 bits per heavy atom. The molecule has 1 aromatic rings. The second-order valence-corrected chi connectivity index (χ2v) is 6.90. The van der Waals surface area contributed by atoms with Gasteiger partial charge in [0.05, 0.1) is 12.7 Å². The highest BCUT2D eigenvalue weighted by molar-refractivity contribution is 6.13. The van der Waals surface area contributed by atoms with E-state index >= 15 is 0 Å². The van der Waals surface area contributed by atoms with Gasteiger partial charge in [0, 0.05) is 38.8 Å². The number of methoxy groups -OCH3 is 1. The summed E-state index contributed by atoms with van der Waals surface area (Å²) in [6, 6.07) is 6.33. The molecule has 2 fully saturated rings. The number of anilines is 1. The van der Waals surface area contributed by atoms with E-state index in [0.29, 0.717) is 50.3 Å². The molecule has 3 rings (SSSR count). The van der Waals surface area contributed by atoms with E-state index in [1.807, 2.05) is 0 Å². The molecule has 0 unspecified atom stereocenters. The molecule has 8 heteroatoms. The lowest BCUT2D eigenvalue weighted by Crippen LogP contribution is -2.53. The standard InChI is InChI=1S/C19H23N3O5/c1-13(23)21-9-11-22(12-10-21)18(26)19(7-8-19)17(25)20-15-5-3-14(4-6-15)16(24)27-2/h3-6H,7-12H2,1-2H3,(H,20,25). The highest BCUT2D eigenvalue weighted by atomic mass is 16.5. The Morgan fingerprint density at radius 2 is 1.52 bits per heavy atom. The monoisotopic (exact) mass is 373 g/mol. The third-order valence-corrected chi connectivity index (χ3v) is 5.17. The fraction of sp³-hybridized carbons (Fsp3) is 0.474. The van der Waals surface area contributed by atoms with Gasteiger partial charge in [-0.05, 0) is 37.1 Å². The number of nitrogens with zero attached hydrogens (tertiary/aromatic N) is 2. The molecular formula is C19H23N3O5. The maximum absolute atomic E-state index is 12.9. The molecule has 1 N–H and O–H groups in total. The second-order valence-electron chi connectivity index (χ2n) is 6.90. The van der Waals surface area contributed by atoms with Gasteiger partial charge >= 0.3 is 5.97 Å². The van der Waals surface area contributed by atoms with E-state index in [-0.39, 0.29) is 17.7 Å². The number of ether oxygens (including phenoxy) is 1. The van der Waals surface area contributed by atoms with Crippen LogP contribution < -0.4 is 5.32 Å². The fourth-order valence-electron chi connectivity index (χ4n) is 3.25. The summed E-state index contributed by atoms with van der Waals surface area (Å²) in [5.41, 5.74) is -0.108. The summed E-state index contributed by atoms with van der Waals surface area (Å²) >= 11 is 0. The molecule has 1 aliphatic heterocycles. The molecule has 27 heavy (non-hydrogen) atoms. The fourth-order valence-corrected chi connectivity index (χ4v) is 3.25. The Morgan fingerprint density at radius 1 is 0.963 bits per heavy atom. The van der Waals surface area contributed by atoms with Crippen molar-refractivity contribution in [1.29, 1.82) is 0 Å². The van der Waals surface area contributed by atoms with Gasteiger partial charge in [-0.25, -0.2) is 4.79 Å². The predicted molar refractivity (Wildman–Crippen MR) is 96.9 cm³/mol. The van der Waals surface area contributed by atoms with Gasteiger partial charge in [-0.3, -0.25) is 14.4 Å². The number of esters is 1. The van der Waals surface area contributed by atoms with E-state index in [9.17, 15) is 19.2 Å². The van der Waals surface area contributed by atoms with E-state index in [4.69, 9.17) is 0 Å². The van der Waals surface area contributed by atoms with Crippen molar-refractivity contribution in [3.05, 3.63) is 29.8 Å². The Labute approximate surface area is 157 Å². The van der Waals surface area contributed by atoms with Crippen LogP contribution in [-0.4, -0.2) is 66.8 Å². The van der Waals surface area contributed by atoms with Crippen LogP contribution in [-0.2, 0) is 19.1 Å². The number of amides is 3. The molecule has 0 spiro atoms. The minimum atomic E-state index is -1.01. The molecule has 1 heterocycles. The number of hydrogen-bond acceptors (Lipinski definition) is 5. The number of rotatable bonds is 4. The zero-order valence-electron chi connectivity index (χ0n) is 15.5. The van der Waals surface area contributed by atoms with Crippen molar-refractivity contribution < 1.29 is 23.9 Å². The average molecular weight is 373 g/mol. The Hall–Kier alpha value is -2.90. The SMILES string of the molecule is COC(=O)c1ccc(NC(=O)C2(C(=O)N3CCN(C(C)=O)CC3)CC2)cc1. The van der Waals surface area contributed by atoms with Crippen LogP contribution in [0.1, 0.15) is 30.1 Å². The molecule has 144 valence electrons. The second kappa shape index (κ2) is 7.38. The van der Waals surface area contributed by atoms with Crippen LogP contribution in [0, 0.1) is 5.41 Å². The topological polar surface area (TPSA) is 96.0 Å². The molecule has 1 saturated heterocycles. The summed E-state index contributed by atoms with van der Waals surface area (Å²) < 4.78 is 4.64. The van der Waals surface area contributed by atoms with Gasteiger partial charge in [0.1, 0.15) is 5.41 Å². The van der Waals surface area contributed by atoms with Gasteiger partial charge in [-0.2, -0.15) is 0 Å². The van der Waals surface area contributed by atoms with Gasteiger partial charge in [0.25, 0.3) is 0 Å². The quantitative estimate of drug-likeness (QED) is 0.624. The Bertz CT molecular complexity index is 762. The van der Waals surface area contributed by atoms with Crippen molar-refractivity contribution >= 4 is 29.4 Å². The van der Waals surface area contributed by atoms with Gasteiger partial charge in [-0.1, -0.05) is 0 Å². The van der Waals surface area contributed by atoms with Crippen molar-refractivity contribution in [3.8, 4) is 0 Å². The largest absolute Gasteiger partial charge is 0.465 e. The van der Waals surface area contributed by atoms with Crippen molar-refractivity contribution in [2.45, 2.75) is 19.8 Å². The number of piperazine rings is 1. The first-order valence-electron chi connectivity index (χ1n) is 8.92. The van der Waals surface area contributed by atoms with E-state index in [0.717, 1.165) is 0 Å². The number of carbonyl (C=O) groups excluding carboxylic acids is 4. The predicted octanol–water partition coefficient (Wildman–Crippen LogP) is 0.883. The van der Waals surface area contributed by atoms with Crippen LogP contribution in [0.5, 0.6) is 0 Å². The molecule has 8 nitrogen and oxygen atoms in total. The first-order chi connectivity index (χ1) is 12.9. The maximum atomic E-state index is 12.9. The molecule has 0 radical (unpaired) electrons. The Kier molecular flexibility index (Phi) is 5.16. The first kappa shape index (κ1) is 18.9. The first-order valence-corrected chi connectivity index (χ1v) is 8.92. The lowest BCUT2D eigenvalue weighted by molar-refractivity contribution is -0.146. The maximum Gasteiger partial charge on any atom is 0.337 e. The summed E-state index contributed by atoms with van der Waals surface area (Å²) in [7, 11) is 1.30. The Balaban J connectivity index is 1.62. The normalized spacial score (nSPS) is 17.9. The van der Waals surface area contributed by atoms with Crippen LogP contribution in [0.2, 0.25) is 0 Å². The van der Waals surface area contributed by atoms with Crippen LogP contribution in [0.4, 0.5) is 5.69 Å². The molecule has 3 amide bonds. The molecule has 1 aromatic carbocycles. The molecule has 0 bridgehead atoms. The van der Waals surface area contributed by atoms with E-state index in [2.05, 4.69) is 10.1 Å². The van der Waals surface area contributed by atoms with Crippen molar-refractivity contribution in [3.63, 3.8) is 0 Å². The van der Waals surface area contributed by atoms with Crippen molar-refractivity contribution in [2.75, 3.05) is 38.6 Å². The lowest BCUT2D eigenvalue weighted by atomic mass is 10.0. The third kappa shape index (κ3) is 3.79. The van der Waals surface area contributed by atoms with Gasteiger partial charge in [0.15, 0.2) is 0 Å². The molecule has 1 aliphatic carbocycles. The smallest absolute Gasteiger partial charge is 0.337 e. The number of carbonyl (C=O) groups is 4. The van der Waals surface area contributed by atoms with Crippen molar-refractivity contribution in [2.24, 2.45) is 5.41 Å². The highest BCUT2D eigenvalue weighted by Gasteiger charge is 2.58. The van der Waals surface area contributed by atoms with Gasteiger partial charge in [0.2, 0.25) is 17.7 Å². The molecule has 0 atom stereocenters. The van der Waals surface area contributed by atoms with Crippen molar-refractivity contribution in [1.82, 2.24) is 9.80 Å². The number of hydrogen-bond donors (Lipinski definition) is 1. The molecular weight excluding hydrogens is 350 g/mol. The highest BCUT2D eigenvalue weighted by Crippen LogP contribution is 2.48. The third-order valence-electron chi connectivity index (χ3n) is 5.17.